The third-order valence-corrected chi connectivity index (χ3v) is 4.30. The quantitative estimate of drug-likeness (QED) is 0.755. The zero-order valence-electron chi connectivity index (χ0n) is 13.4. The van der Waals surface area contributed by atoms with Crippen molar-refractivity contribution < 1.29 is 4.74 Å². The lowest BCUT2D eigenvalue weighted by atomic mass is 9.85. The maximum atomic E-state index is 6.19. The molecule has 0 aliphatic heterocycles. The van der Waals surface area contributed by atoms with Gasteiger partial charge in [-0.05, 0) is 31.9 Å². The molecule has 3 heteroatoms. The van der Waals surface area contributed by atoms with Crippen LogP contribution < -0.4 is 5.73 Å². The van der Waals surface area contributed by atoms with Gasteiger partial charge < -0.3 is 10.5 Å². The third kappa shape index (κ3) is 4.05. The van der Waals surface area contributed by atoms with Gasteiger partial charge in [-0.25, -0.2) is 0 Å². The Morgan fingerprint density at radius 3 is 2.35 bits per heavy atom. The fourth-order valence-electron chi connectivity index (χ4n) is 3.18. The van der Waals surface area contributed by atoms with Gasteiger partial charge in [0.05, 0.1) is 6.61 Å². The van der Waals surface area contributed by atoms with Crippen LogP contribution in [0, 0.1) is 0 Å². The van der Waals surface area contributed by atoms with Crippen molar-refractivity contribution in [3.8, 4) is 0 Å². The second-order valence-electron chi connectivity index (χ2n) is 5.53. The van der Waals surface area contributed by atoms with E-state index >= 15 is 0 Å². The van der Waals surface area contributed by atoms with Gasteiger partial charge in [0.2, 0.25) is 0 Å². The van der Waals surface area contributed by atoms with Crippen molar-refractivity contribution in [2.75, 3.05) is 26.8 Å². The average molecular weight is 278 g/mol. The fourth-order valence-corrected chi connectivity index (χ4v) is 3.18. The van der Waals surface area contributed by atoms with E-state index in [-0.39, 0.29) is 5.54 Å². The first-order valence-electron chi connectivity index (χ1n) is 7.63. The van der Waals surface area contributed by atoms with Gasteiger partial charge in [0.1, 0.15) is 0 Å². The number of benzene rings is 1. The molecule has 0 spiro atoms. The summed E-state index contributed by atoms with van der Waals surface area (Å²) in [5, 5.41) is 0. The van der Waals surface area contributed by atoms with Crippen molar-refractivity contribution >= 4 is 0 Å². The highest BCUT2D eigenvalue weighted by molar-refractivity contribution is 5.18. The molecule has 20 heavy (non-hydrogen) atoms. The standard InChI is InChI=1S/C17H30N2O/c1-5-17(14-18,12-16-10-8-7-9-11-16)19(6-2)15(3)13-20-4/h7-11,15H,5-6,12-14,18H2,1-4H3. The first-order valence-corrected chi connectivity index (χ1v) is 7.63. The summed E-state index contributed by atoms with van der Waals surface area (Å²) in [5.74, 6) is 0. The number of hydrogen-bond donors (Lipinski definition) is 1. The summed E-state index contributed by atoms with van der Waals surface area (Å²) in [7, 11) is 1.76. The van der Waals surface area contributed by atoms with E-state index in [0.717, 1.165) is 26.0 Å². The third-order valence-electron chi connectivity index (χ3n) is 4.30. The van der Waals surface area contributed by atoms with E-state index < -0.39 is 0 Å². The molecule has 0 aromatic heterocycles. The zero-order valence-corrected chi connectivity index (χ0v) is 13.4. The molecule has 0 aliphatic carbocycles. The minimum absolute atomic E-state index is 0.00799. The first-order chi connectivity index (χ1) is 9.63. The highest BCUT2D eigenvalue weighted by Gasteiger charge is 2.35. The van der Waals surface area contributed by atoms with Crippen molar-refractivity contribution in [2.45, 2.75) is 45.2 Å². The molecule has 114 valence electrons. The summed E-state index contributed by atoms with van der Waals surface area (Å²) in [6.45, 7) is 9.06. The Bertz CT molecular complexity index is 363. The summed E-state index contributed by atoms with van der Waals surface area (Å²) in [4.78, 5) is 2.50. The predicted molar refractivity (Wildman–Crippen MR) is 85.9 cm³/mol. The topological polar surface area (TPSA) is 38.5 Å². The van der Waals surface area contributed by atoms with E-state index in [1.807, 2.05) is 0 Å². The molecule has 0 bridgehead atoms. The summed E-state index contributed by atoms with van der Waals surface area (Å²) in [6.07, 6.45) is 2.03. The van der Waals surface area contributed by atoms with Gasteiger partial charge in [0.25, 0.3) is 0 Å². The lowest BCUT2D eigenvalue weighted by Crippen LogP contribution is -2.59. The number of nitrogens with two attached hydrogens (primary N) is 1. The largest absolute Gasteiger partial charge is 0.383 e. The Hall–Kier alpha value is -0.900. The molecule has 0 amide bonds. The Morgan fingerprint density at radius 1 is 1.25 bits per heavy atom. The van der Waals surface area contributed by atoms with E-state index in [1.54, 1.807) is 7.11 Å². The van der Waals surface area contributed by atoms with Crippen molar-refractivity contribution in [3.05, 3.63) is 35.9 Å². The number of nitrogens with zero attached hydrogens (tertiary/aromatic N) is 1. The second-order valence-corrected chi connectivity index (χ2v) is 5.53. The molecule has 0 radical (unpaired) electrons. The second kappa shape index (κ2) is 8.40. The van der Waals surface area contributed by atoms with Crippen LogP contribution in [0.3, 0.4) is 0 Å². The number of rotatable bonds is 9. The van der Waals surface area contributed by atoms with Crippen LogP contribution in [-0.4, -0.2) is 43.3 Å². The predicted octanol–water partition coefficient (Wildman–Crippen LogP) is 2.69. The van der Waals surface area contributed by atoms with Crippen LogP contribution in [0.15, 0.2) is 30.3 Å². The average Bonchev–Trinajstić information content (AvgIpc) is 2.48. The van der Waals surface area contributed by atoms with Crippen LogP contribution in [0.4, 0.5) is 0 Å². The first kappa shape index (κ1) is 17.2. The van der Waals surface area contributed by atoms with Crippen molar-refractivity contribution in [3.63, 3.8) is 0 Å². The van der Waals surface area contributed by atoms with Crippen LogP contribution in [-0.2, 0) is 11.2 Å². The van der Waals surface area contributed by atoms with Crippen molar-refractivity contribution in [2.24, 2.45) is 5.73 Å². The summed E-state index contributed by atoms with van der Waals surface area (Å²) < 4.78 is 5.34. The smallest absolute Gasteiger partial charge is 0.0615 e. The molecular weight excluding hydrogens is 248 g/mol. The van der Waals surface area contributed by atoms with Gasteiger partial charge in [0, 0.05) is 25.2 Å². The SMILES string of the molecule is CCN(C(C)COC)C(CC)(CN)Cc1ccccc1. The van der Waals surface area contributed by atoms with Crippen LogP contribution in [0.2, 0.25) is 0 Å². The van der Waals surface area contributed by atoms with E-state index in [4.69, 9.17) is 10.5 Å². The lowest BCUT2D eigenvalue weighted by Gasteiger charge is -2.46. The van der Waals surface area contributed by atoms with Crippen LogP contribution in [0.5, 0.6) is 0 Å². The van der Waals surface area contributed by atoms with Crippen molar-refractivity contribution in [1.82, 2.24) is 4.90 Å². The van der Waals surface area contributed by atoms with Gasteiger partial charge in [-0.1, -0.05) is 44.2 Å². The lowest BCUT2D eigenvalue weighted by molar-refractivity contribution is 0.0174. The van der Waals surface area contributed by atoms with Crippen molar-refractivity contribution in [1.29, 1.82) is 0 Å². The van der Waals surface area contributed by atoms with Gasteiger partial charge in [-0.15, -0.1) is 0 Å². The Kier molecular flexibility index (Phi) is 7.20. The molecule has 1 aromatic rings. The highest BCUT2D eigenvalue weighted by Crippen LogP contribution is 2.26. The number of likely N-dealkylation sites (N-methyl/N-ethyl adjacent to an activating group) is 1. The molecule has 2 atom stereocenters. The zero-order chi connectivity index (χ0) is 15.0. The van der Waals surface area contributed by atoms with Gasteiger partial charge >= 0.3 is 0 Å². The fraction of sp³-hybridized carbons (Fsp3) is 0.647. The van der Waals surface area contributed by atoms with Gasteiger partial charge in [0.15, 0.2) is 0 Å². The maximum Gasteiger partial charge on any atom is 0.0615 e. The van der Waals surface area contributed by atoms with E-state index in [0.29, 0.717) is 12.6 Å². The molecule has 0 saturated carbocycles. The van der Waals surface area contributed by atoms with E-state index in [9.17, 15) is 0 Å². The van der Waals surface area contributed by atoms with Crippen LogP contribution in [0.1, 0.15) is 32.8 Å². The van der Waals surface area contributed by atoms with Gasteiger partial charge in [-0.3, -0.25) is 4.90 Å². The molecule has 0 saturated heterocycles. The number of ether oxygens (including phenoxy) is 1. The molecule has 1 rings (SSSR count). The molecule has 0 fully saturated rings. The highest BCUT2D eigenvalue weighted by atomic mass is 16.5. The molecule has 3 nitrogen and oxygen atoms in total. The maximum absolute atomic E-state index is 6.19. The Morgan fingerprint density at radius 2 is 1.90 bits per heavy atom. The summed E-state index contributed by atoms with van der Waals surface area (Å²) in [5.41, 5.74) is 7.55. The van der Waals surface area contributed by atoms with Crippen LogP contribution >= 0.6 is 0 Å². The van der Waals surface area contributed by atoms with E-state index in [1.165, 1.54) is 5.56 Å². The Labute approximate surface area is 124 Å². The Balaban J connectivity index is 2.99. The molecule has 1 aromatic carbocycles. The molecule has 0 heterocycles. The summed E-state index contributed by atoms with van der Waals surface area (Å²) >= 11 is 0. The molecule has 2 N–H and O–H groups in total. The number of methoxy groups -OCH3 is 1. The van der Waals surface area contributed by atoms with Crippen LogP contribution in [0.25, 0.3) is 0 Å². The number of hydrogen-bond acceptors (Lipinski definition) is 3. The molecule has 0 aliphatic rings. The minimum atomic E-state index is 0.00799. The molecule has 2 unspecified atom stereocenters. The normalized spacial score (nSPS) is 16.1. The van der Waals surface area contributed by atoms with E-state index in [2.05, 4.69) is 56.0 Å². The minimum Gasteiger partial charge on any atom is -0.383 e. The summed E-state index contributed by atoms with van der Waals surface area (Å²) in [6, 6.07) is 11.0. The monoisotopic (exact) mass is 278 g/mol. The molecular formula is C17H30N2O. The van der Waals surface area contributed by atoms with Gasteiger partial charge in [-0.2, -0.15) is 0 Å².